The highest BCUT2D eigenvalue weighted by atomic mass is 32.1. The fraction of sp³-hybridized carbons (Fsp3) is 0.114. The standard InChI is InChI=1S/C35H31NS/c1-6-12-28-27(7-2)33(24-17-15-23(5)16-18-24)29-13-10-11-14-30(29)34(28)25-19-21-26(22-20-25)35-36-31(8-3)32(9-4)37-35/h7-22H,3-4,6H2,1-2,5H3/b27-7+,28-12+. The minimum atomic E-state index is 0.889. The van der Waals surface area contributed by atoms with E-state index in [4.69, 9.17) is 4.98 Å². The van der Waals surface area contributed by atoms with Crippen LogP contribution >= 0.6 is 11.3 Å². The van der Waals surface area contributed by atoms with Gasteiger partial charge in [-0.15, -0.1) is 11.3 Å². The third-order valence-electron chi connectivity index (χ3n) is 6.81. The van der Waals surface area contributed by atoms with E-state index >= 15 is 0 Å². The van der Waals surface area contributed by atoms with Crippen molar-refractivity contribution in [1.29, 1.82) is 0 Å². The molecule has 0 aliphatic carbocycles. The molecule has 0 bridgehead atoms. The van der Waals surface area contributed by atoms with Gasteiger partial charge in [-0.05, 0) is 75.9 Å². The number of hydrogen-bond donors (Lipinski definition) is 0. The first-order valence-corrected chi connectivity index (χ1v) is 13.6. The lowest BCUT2D eigenvalue weighted by molar-refractivity contribution is 1.28. The number of aromatic nitrogens is 1. The maximum absolute atomic E-state index is 4.77. The van der Waals surface area contributed by atoms with Crippen LogP contribution in [0.5, 0.6) is 0 Å². The number of hydrogen-bond acceptors (Lipinski definition) is 2. The monoisotopic (exact) mass is 497 g/mol. The van der Waals surface area contributed by atoms with Crippen LogP contribution in [0, 0.1) is 6.92 Å². The predicted octanol–water partition coefficient (Wildman–Crippen LogP) is 8.88. The summed E-state index contributed by atoms with van der Waals surface area (Å²) < 4.78 is 0. The van der Waals surface area contributed by atoms with Crippen molar-refractivity contribution in [3.8, 4) is 32.8 Å². The van der Waals surface area contributed by atoms with Gasteiger partial charge in [-0.25, -0.2) is 4.98 Å². The molecule has 0 saturated heterocycles. The van der Waals surface area contributed by atoms with Gasteiger partial charge in [-0.2, -0.15) is 0 Å². The van der Waals surface area contributed by atoms with Crippen molar-refractivity contribution in [2.45, 2.75) is 27.2 Å². The minimum Gasteiger partial charge on any atom is -0.236 e. The van der Waals surface area contributed by atoms with Crippen molar-refractivity contribution in [2.24, 2.45) is 0 Å². The van der Waals surface area contributed by atoms with Crippen LogP contribution in [0.3, 0.4) is 0 Å². The summed E-state index contributed by atoms with van der Waals surface area (Å²) in [6.45, 7) is 14.3. The van der Waals surface area contributed by atoms with Crippen molar-refractivity contribution in [2.75, 3.05) is 0 Å². The van der Waals surface area contributed by atoms with E-state index in [1.165, 1.54) is 49.0 Å². The van der Waals surface area contributed by atoms with Gasteiger partial charge in [0.15, 0.2) is 0 Å². The van der Waals surface area contributed by atoms with Gasteiger partial charge in [0.2, 0.25) is 0 Å². The highest BCUT2D eigenvalue weighted by Crippen LogP contribution is 2.34. The Labute approximate surface area is 223 Å². The lowest BCUT2D eigenvalue weighted by atomic mass is 9.87. The molecule has 0 spiro atoms. The summed E-state index contributed by atoms with van der Waals surface area (Å²) in [5.41, 5.74) is 8.31. The molecule has 2 heteroatoms. The molecule has 0 fully saturated rings. The van der Waals surface area contributed by atoms with E-state index in [9.17, 15) is 0 Å². The third kappa shape index (κ3) is 4.50. The van der Waals surface area contributed by atoms with Crippen molar-refractivity contribution in [1.82, 2.24) is 4.98 Å². The smallest absolute Gasteiger partial charge is 0.124 e. The van der Waals surface area contributed by atoms with E-state index in [2.05, 4.69) is 119 Å². The molecule has 0 aliphatic rings. The summed E-state index contributed by atoms with van der Waals surface area (Å²) in [7, 11) is 0. The summed E-state index contributed by atoms with van der Waals surface area (Å²) >= 11 is 1.65. The van der Waals surface area contributed by atoms with Crippen molar-refractivity contribution in [3.05, 3.63) is 113 Å². The van der Waals surface area contributed by atoms with E-state index in [0.717, 1.165) is 27.6 Å². The molecule has 0 unspecified atom stereocenters. The maximum atomic E-state index is 4.77. The predicted molar refractivity (Wildman–Crippen MR) is 165 cm³/mol. The first-order valence-electron chi connectivity index (χ1n) is 12.7. The van der Waals surface area contributed by atoms with Crippen LogP contribution in [0.1, 0.15) is 36.4 Å². The lowest BCUT2D eigenvalue weighted by Gasteiger charge is -2.16. The molecule has 37 heavy (non-hydrogen) atoms. The molecule has 5 aromatic rings. The first kappa shape index (κ1) is 24.7. The summed E-state index contributed by atoms with van der Waals surface area (Å²) in [5.74, 6) is 0. The molecule has 4 aromatic carbocycles. The van der Waals surface area contributed by atoms with Crippen LogP contribution in [-0.4, -0.2) is 4.98 Å². The topological polar surface area (TPSA) is 12.9 Å². The number of benzene rings is 4. The van der Waals surface area contributed by atoms with Gasteiger partial charge in [-0.1, -0.05) is 111 Å². The minimum absolute atomic E-state index is 0.889. The van der Waals surface area contributed by atoms with Gasteiger partial charge in [0.25, 0.3) is 0 Å². The largest absolute Gasteiger partial charge is 0.236 e. The van der Waals surface area contributed by atoms with E-state index in [1.54, 1.807) is 17.4 Å². The molecule has 0 radical (unpaired) electrons. The second kappa shape index (κ2) is 10.5. The molecule has 0 aliphatic heterocycles. The number of aryl methyl sites for hydroxylation is 1. The molecular weight excluding hydrogens is 466 g/mol. The van der Waals surface area contributed by atoms with Crippen LogP contribution in [0.25, 0.3) is 67.9 Å². The number of thiazole rings is 1. The third-order valence-corrected chi connectivity index (χ3v) is 7.93. The van der Waals surface area contributed by atoms with Crippen molar-refractivity contribution in [3.63, 3.8) is 0 Å². The number of rotatable bonds is 6. The Morgan fingerprint density at radius 1 is 0.757 bits per heavy atom. The van der Waals surface area contributed by atoms with Crippen LogP contribution in [-0.2, 0) is 0 Å². The Morgan fingerprint density at radius 2 is 1.32 bits per heavy atom. The van der Waals surface area contributed by atoms with Crippen LogP contribution in [0.4, 0.5) is 0 Å². The van der Waals surface area contributed by atoms with Crippen LogP contribution < -0.4 is 10.4 Å². The second-order valence-corrected chi connectivity index (χ2v) is 10.2. The Kier molecular flexibility index (Phi) is 7.03. The molecule has 0 atom stereocenters. The normalized spacial score (nSPS) is 12.3. The van der Waals surface area contributed by atoms with Crippen molar-refractivity contribution < 1.29 is 0 Å². The second-order valence-electron chi connectivity index (χ2n) is 9.14. The van der Waals surface area contributed by atoms with Crippen LogP contribution in [0.15, 0.2) is 86.0 Å². The Balaban J connectivity index is 1.78. The maximum Gasteiger partial charge on any atom is 0.124 e. The quantitative estimate of drug-likeness (QED) is 0.228. The number of nitrogens with zero attached hydrogens (tertiary/aromatic N) is 1. The highest BCUT2D eigenvalue weighted by Gasteiger charge is 2.15. The lowest BCUT2D eigenvalue weighted by Crippen LogP contribution is -2.29. The SMILES string of the molecule is C=Cc1nc(-c2ccc(-c3c(=C/CC)/c(=C\C)c(-c4ccc(C)cc4)c4ccccc34)cc2)sc1C=C. The van der Waals surface area contributed by atoms with E-state index in [0.29, 0.717) is 0 Å². The first-order chi connectivity index (χ1) is 18.1. The summed E-state index contributed by atoms with van der Waals surface area (Å²) in [6.07, 6.45) is 9.25. The number of fused-ring (bicyclic) bond motifs is 1. The average molecular weight is 498 g/mol. The highest BCUT2D eigenvalue weighted by molar-refractivity contribution is 7.16. The molecule has 0 saturated carbocycles. The molecule has 1 heterocycles. The van der Waals surface area contributed by atoms with Crippen molar-refractivity contribution >= 4 is 46.4 Å². The molecule has 182 valence electrons. The molecule has 5 rings (SSSR count). The molecule has 0 N–H and O–H groups in total. The molecule has 1 aromatic heterocycles. The Bertz CT molecular complexity index is 1710. The molecule has 1 nitrogen and oxygen atoms in total. The van der Waals surface area contributed by atoms with Crippen LogP contribution in [0.2, 0.25) is 0 Å². The van der Waals surface area contributed by atoms with Gasteiger partial charge in [-0.3, -0.25) is 0 Å². The zero-order valence-corrected chi connectivity index (χ0v) is 22.5. The Morgan fingerprint density at radius 3 is 1.84 bits per heavy atom. The fourth-order valence-electron chi connectivity index (χ4n) is 5.08. The van der Waals surface area contributed by atoms with Gasteiger partial charge in [0.05, 0.1) is 10.6 Å². The zero-order chi connectivity index (χ0) is 25.9. The molecular formula is C35H31NS. The fourth-order valence-corrected chi connectivity index (χ4v) is 6.00. The van der Waals surface area contributed by atoms with Gasteiger partial charge >= 0.3 is 0 Å². The van der Waals surface area contributed by atoms with E-state index in [1.807, 2.05) is 6.08 Å². The summed E-state index contributed by atoms with van der Waals surface area (Å²) in [4.78, 5) is 5.82. The molecule has 0 amide bonds. The van der Waals surface area contributed by atoms with Gasteiger partial charge < -0.3 is 0 Å². The average Bonchev–Trinajstić information content (AvgIpc) is 3.37. The summed E-state index contributed by atoms with van der Waals surface area (Å²) in [6, 6.07) is 26.5. The Hall–Kier alpha value is -4.01. The van der Waals surface area contributed by atoms with Gasteiger partial charge in [0.1, 0.15) is 5.01 Å². The summed E-state index contributed by atoms with van der Waals surface area (Å²) in [5, 5.41) is 6.11. The van der Waals surface area contributed by atoms with E-state index in [-0.39, 0.29) is 0 Å². The van der Waals surface area contributed by atoms with E-state index < -0.39 is 0 Å². The zero-order valence-electron chi connectivity index (χ0n) is 21.7. The van der Waals surface area contributed by atoms with Gasteiger partial charge in [0, 0.05) is 5.56 Å².